The number of piperidine rings is 1. The maximum atomic E-state index is 13.7. The van der Waals surface area contributed by atoms with Gasteiger partial charge in [0.05, 0.1) is 11.3 Å². The van der Waals surface area contributed by atoms with E-state index in [1.807, 2.05) is 0 Å². The normalized spacial score (nSPS) is 15.9. The molecule has 1 fully saturated rings. The predicted octanol–water partition coefficient (Wildman–Crippen LogP) is 3.84. The van der Waals surface area contributed by atoms with Crippen LogP contribution in [0.25, 0.3) is 5.69 Å². The Balaban J connectivity index is 1.77. The van der Waals surface area contributed by atoms with Gasteiger partial charge < -0.3 is 30.2 Å². The van der Waals surface area contributed by atoms with Gasteiger partial charge >= 0.3 is 12.1 Å². The molecule has 1 unspecified atom stereocenters. The molecule has 3 N–H and O–H groups in total. The lowest BCUT2D eigenvalue weighted by Gasteiger charge is -2.34. The molecule has 1 aliphatic rings. The number of nitrogens with one attached hydrogen (secondary N) is 3. The van der Waals surface area contributed by atoms with Crippen LogP contribution in [0.5, 0.6) is 0 Å². The molecule has 0 bridgehead atoms. The number of benzene rings is 1. The zero-order valence-corrected chi connectivity index (χ0v) is 20.1. The molecule has 2 heterocycles. The first-order valence-corrected chi connectivity index (χ1v) is 11.4. The van der Waals surface area contributed by atoms with E-state index in [1.54, 1.807) is 31.7 Å². The van der Waals surface area contributed by atoms with E-state index in [4.69, 9.17) is 4.74 Å². The maximum absolute atomic E-state index is 13.7. The van der Waals surface area contributed by atoms with Gasteiger partial charge in [-0.2, -0.15) is 0 Å². The average molecular weight is 492 g/mol. The zero-order valence-electron chi connectivity index (χ0n) is 20.1. The summed E-state index contributed by atoms with van der Waals surface area (Å²) >= 11 is 0. The van der Waals surface area contributed by atoms with Crippen molar-refractivity contribution in [3.05, 3.63) is 48.0 Å². The van der Waals surface area contributed by atoms with Crippen LogP contribution in [0.2, 0.25) is 0 Å². The minimum atomic E-state index is -0.735. The average Bonchev–Trinajstić information content (AvgIpc) is 3.20. The first-order chi connectivity index (χ1) is 16.6. The number of urea groups is 1. The van der Waals surface area contributed by atoms with E-state index < -0.39 is 36.1 Å². The van der Waals surface area contributed by atoms with Crippen molar-refractivity contribution >= 4 is 23.7 Å². The number of carbonyl (C=O) groups is 3. The third kappa shape index (κ3) is 7.43. The Hall–Kier alpha value is -3.63. The van der Waals surface area contributed by atoms with Crippen LogP contribution in [0, 0.1) is 5.82 Å². The Morgan fingerprint density at radius 3 is 2.66 bits per heavy atom. The second-order valence-corrected chi connectivity index (χ2v) is 9.28. The summed E-state index contributed by atoms with van der Waals surface area (Å²) in [6, 6.07) is 4.76. The highest BCUT2D eigenvalue weighted by Crippen LogP contribution is 2.23. The van der Waals surface area contributed by atoms with Crippen molar-refractivity contribution in [2.24, 2.45) is 0 Å². The molecule has 1 aromatic carbocycles. The van der Waals surface area contributed by atoms with Crippen molar-refractivity contribution < 1.29 is 27.9 Å². The summed E-state index contributed by atoms with van der Waals surface area (Å²) < 4.78 is 33.1. The van der Waals surface area contributed by atoms with E-state index in [1.165, 1.54) is 35.2 Å². The Kier molecular flexibility index (Phi) is 8.31. The molecule has 190 valence electrons. The van der Waals surface area contributed by atoms with Crippen LogP contribution in [0.1, 0.15) is 44.0 Å². The molecule has 0 radical (unpaired) electrons. The molecule has 1 aromatic heterocycles. The minimum Gasteiger partial charge on any atom is -0.444 e. The molecule has 0 aliphatic carbocycles. The fraction of sp³-hybridized carbons (Fsp3) is 0.458. The smallest absolute Gasteiger partial charge is 0.410 e. The third-order valence-corrected chi connectivity index (χ3v) is 5.21. The molecular weight excluding hydrogens is 460 g/mol. The summed E-state index contributed by atoms with van der Waals surface area (Å²) in [5, 5.41) is 7.79. The van der Waals surface area contributed by atoms with Gasteiger partial charge in [0.1, 0.15) is 18.1 Å². The number of anilines is 1. The molecule has 1 atom stereocenters. The largest absolute Gasteiger partial charge is 0.444 e. The quantitative estimate of drug-likeness (QED) is 0.571. The molecule has 4 amide bonds. The van der Waals surface area contributed by atoms with Crippen LogP contribution >= 0.6 is 0 Å². The molecule has 0 saturated carbocycles. The monoisotopic (exact) mass is 491 g/mol. The standard InChI is InChI=1S/C24H31F2N5O4/c1-24(2,3)35-23(34)30-11-5-7-17(13-30)28-21(32)19-14-31(18-8-4-6-16(26)12-18)15-20(19)29-22(33)27-10-9-25/h4,6,8,12,14-15,17H,5,7,9-11,13H2,1-3H3,(H,28,32)(H2,27,29,33). The second kappa shape index (κ2) is 11.2. The number of hydrogen-bond acceptors (Lipinski definition) is 4. The van der Waals surface area contributed by atoms with E-state index >= 15 is 0 Å². The first kappa shape index (κ1) is 26.0. The number of aromatic nitrogens is 1. The van der Waals surface area contributed by atoms with Gasteiger partial charge in [0.15, 0.2) is 0 Å². The number of amides is 4. The van der Waals surface area contributed by atoms with Crippen molar-refractivity contribution in [2.75, 3.05) is 31.6 Å². The van der Waals surface area contributed by atoms with Crippen molar-refractivity contribution in [2.45, 2.75) is 45.3 Å². The lowest BCUT2D eigenvalue weighted by atomic mass is 10.1. The van der Waals surface area contributed by atoms with Crippen LogP contribution in [-0.4, -0.2) is 65.5 Å². The molecule has 1 saturated heterocycles. The Morgan fingerprint density at radius 2 is 1.97 bits per heavy atom. The molecule has 11 heteroatoms. The summed E-state index contributed by atoms with van der Waals surface area (Å²) in [5.41, 5.74) is 0.128. The third-order valence-electron chi connectivity index (χ3n) is 5.21. The molecule has 0 spiro atoms. The van der Waals surface area contributed by atoms with Gasteiger partial charge in [-0.3, -0.25) is 4.79 Å². The zero-order chi connectivity index (χ0) is 25.6. The Labute approximate surface area is 202 Å². The van der Waals surface area contributed by atoms with E-state index in [-0.39, 0.29) is 30.4 Å². The van der Waals surface area contributed by atoms with E-state index in [0.29, 0.717) is 25.1 Å². The number of hydrogen-bond donors (Lipinski definition) is 3. The van der Waals surface area contributed by atoms with Crippen LogP contribution < -0.4 is 16.0 Å². The van der Waals surface area contributed by atoms with E-state index in [9.17, 15) is 23.2 Å². The summed E-state index contributed by atoms with van der Waals surface area (Å²) in [6.45, 7) is 5.26. The van der Waals surface area contributed by atoms with Crippen LogP contribution in [-0.2, 0) is 4.74 Å². The minimum absolute atomic E-state index is 0.138. The van der Waals surface area contributed by atoms with Gasteiger partial charge in [0, 0.05) is 43.8 Å². The van der Waals surface area contributed by atoms with Crippen molar-refractivity contribution in [3.8, 4) is 5.69 Å². The molecule has 2 aromatic rings. The van der Waals surface area contributed by atoms with Crippen LogP contribution in [0.4, 0.5) is 24.1 Å². The summed E-state index contributed by atoms with van der Waals surface area (Å²) in [5.74, 6) is -0.932. The number of carbonyl (C=O) groups excluding carboxylic acids is 3. The summed E-state index contributed by atoms with van der Waals surface area (Å²) in [6.07, 6.45) is 3.86. The summed E-state index contributed by atoms with van der Waals surface area (Å²) in [4.78, 5) is 39.3. The highest BCUT2D eigenvalue weighted by Gasteiger charge is 2.29. The Morgan fingerprint density at radius 1 is 1.20 bits per heavy atom. The van der Waals surface area contributed by atoms with Crippen molar-refractivity contribution in [1.29, 1.82) is 0 Å². The van der Waals surface area contributed by atoms with Crippen LogP contribution in [0.3, 0.4) is 0 Å². The highest BCUT2D eigenvalue weighted by atomic mass is 19.1. The first-order valence-electron chi connectivity index (χ1n) is 11.4. The number of likely N-dealkylation sites (tertiary alicyclic amines) is 1. The van der Waals surface area contributed by atoms with Gasteiger partial charge in [0.25, 0.3) is 5.91 Å². The van der Waals surface area contributed by atoms with E-state index in [0.717, 1.165) is 0 Å². The Bertz CT molecular complexity index is 1070. The molecule has 35 heavy (non-hydrogen) atoms. The number of nitrogens with zero attached hydrogens (tertiary/aromatic N) is 2. The number of ether oxygens (including phenoxy) is 1. The highest BCUT2D eigenvalue weighted by molar-refractivity contribution is 6.03. The summed E-state index contributed by atoms with van der Waals surface area (Å²) in [7, 11) is 0. The SMILES string of the molecule is CC(C)(C)OC(=O)N1CCCC(NC(=O)c2cn(-c3cccc(F)c3)cc2NC(=O)NCCF)C1. The predicted molar refractivity (Wildman–Crippen MR) is 127 cm³/mol. The van der Waals surface area contributed by atoms with Gasteiger partial charge in [-0.15, -0.1) is 0 Å². The second-order valence-electron chi connectivity index (χ2n) is 9.28. The topological polar surface area (TPSA) is 105 Å². The molecule has 9 nitrogen and oxygen atoms in total. The fourth-order valence-corrected chi connectivity index (χ4v) is 3.70. The fourth-order valence-electron chi connectivity index (χ4n) is 3.70. The van der Waals surface area contributed by atoms with Gasteiger partial charge in [0.2, 0.25) is 0 Å². The maximum Gasteiger partial charge on any atom is 0.410 e. The number of rotatable bonds is 6. The van der Waals surface area contributed by atoms with E-state index in [2.05, 4.69) is 16.0 Å². The van der Waals surface area contributed by atoms with Crippen molar-refractivity contribution in [1.82, 2.24) is 20.1 Å². The number of halogens is 2. The van der Waals surface area contributed by atoms with Crippen LogP contribution in [0.15, 0.2) is 36.7 Å². The van der Waals surface area contributed by atoms with Crippen molar-refractivity contribution in [3.63, 3.8) is 0 Å². The van der Waals surface area contributed by atoms with Gasteiger partial charge in [-0.1, -0.05) is 6.07 Å². The van der Waals surface area contributed by atoms with Gasteiger partial charge in [-0.05, 0) is 51.8 Å². The number of alkyl halides is 1. The molecule has 1 aliphatic heterocycles. The molecular formula is C24H31F2N5O4. The van der Waals surface area contributed by atoms with Gasteiger partial charge in [-0.25, -0.2) is 18.4 Å². The molecule has 3 rings (SSSR count). The lowest BCUT2D eigenvalue weighted by Crippen LogP contribution is -2.50. The lowest BCUT2D eigenvalue weighted by molar-refractivity contribution is 0.0185.